The quantitative estimate of drug-likeness (QED) is 0.900. The SMILES string of the molecule is CN(C)c1nc(N)c(C(=O)N2CCCC(N(C)C)C2)s1. The first-order chi connectivity index (χ1) is 9.40. The topological polar surface area (TPSA) is 65.7 Å². The third-order valence-corrected chi connectivity index (χ3v) is 4.86. The number of carbonyl (C=O) groups is 1. The van der Waals surface area contributed by atoms with Crippen LogP contribution in [-0.4, -0.2) is 68.0 Å². The summed E-state index contributed by atoms with van der Waals surface area (Å²) in [6, 6.07) is 0.426. The van der Waals surface area contributed by atoms with Gasteiger partial charge >= 0.3 is 0 Å². The predicted molar refractivity (Wildman–Crippen MR) is 83.5 cm³/mol. The van der Waals surface area contributed by atoms with Gasteiger partial charge in [-0.3, -0.25) is 4.79 Å². The van der Waals surface area contributed by atoms with Crippen LogP contribution in [0.25, 0.3) is 0 Å². The van der Waals surface area contributed by atoms with Crippen molar-refractivity contribution in [2.24, 2.45) is 0 Å². The number of nitrogens with two attached hydrogens (primary N) is 1. The van der Waals surface area contributed by atoms with Gasteiger partial charge in [0.25, 0.3) is 5.91 Å². The van der Waals surface area contributed by atoms with Crippen molar-refractivity contribution in [1.82, 2.24) is 14.8 Å². The van der Waals surface area contributed by atoms with Gasteiger partial charge in [-0.1, -0.05) is 11.3 Å². The second kappa shape index (κ2) is 5.97. The highest BCUT2D eigenvalue weighted by atomic mass is 32.1. The molecule has 1 aliphatic heterocycles. The van der Waals surface area contributed by atoms with Gasteiger partial charge in [-0.15, -0.1) is 0 Å². The largest absolute Gasteiger partial charge is 0.382 e. The predicted octanol–water partition coefficient (Wildman–Crippen LogP) is 0.957. The van der Waals surface area contributed by atoms with Crippen LogP contribution >= 0.6 is 11.3 Å². The molecule has 0 saturated carbocycles. The maximum atomic E-state index is 12.6. The third kappa shape index (κ3) is 3.04. The van der Waals surface area contributed by atoms with E-state index in [1.165, 1.54) is 11.3 Å². The zero-order chi connectivity index (χ0) is 14.9. The number of carbonyl (C=O) groups excluding carboxylic acids is 1. The molecule has 1 amide bonds. The summed E-state index contributed by atoms with van der Waals surface area (Å²) in [5.74, 6) is 0.357. The van der Waals surface area contributed by atoms with Crippen molar-refractivity contribution in [3.05, 3.63) is 4.88 Å². The Hall–Kier alpha value is -1.34. The zero-order valence-corrected chi connectivity index (χ0v) is 13.4. The lowest BCUT2D eigenvalue weighted by Gasteiger charge is -2.35. The van der Waals surface area contributed by atoms with Crippen LogP contribution in [0.5, 0.6) is 0 Å². The lowest BCUT2D eigenvalue weighted by molar-refractivity contribution is 0.0640. The smallest absolute Gasteiger partial charge is 0.267 e. The Labute approximate surface area is 124 Å². The summed E-state index contributed by atoms with van der Waals surface area (Å²) >= 11 is 1.36. The Morgan fingerprint density at radius 1 is 1.40 bits per heavy atom. The van der Waals surface area contributed by atoms with E-state index < -0.39 is 0 Å². The minimum Gasteiger partial charge on any atom is -0.382 e. The van der Waals surface area contributed by atoms with E-state index in [4.69, 9.17) is 5.73 Å². The van der Waals surface area contributed by atoms with Gasteiger partial charge in [-0.2, -0.15) is 0 Å². The summed E-state index contributed by atoms with van der Waals surface area (Å²) in [6.07, 6.45) is 2.17. The minimum atomic E-state index is 0.0136. The van der Waals surface area contributed by atoms with Crippen LogP contribution < -0.4 is 10.6 Å². The molecule has 20 heavy (non-hydrogen) atoms. The molecule has 2 rings (SSSR count). The van der Waals surface area contributed by atoms with Crippen molar-refractivity contribution in [3.8, 4) is 0 Å². The summed E-state index contributed by atoms with van der Waals surface area (Å²) in [4.78, 5) is 23.4. The van der Waals surface area contributed by atoms with Gasteiger partial charge in [0.1, 0.15) is 10.7 Å². The van der Waals surface area contributed by atoms with Crippen LogP contribution in [0.15, 0.2) is 0 Å². The molecular weight excluding hydrogens is 274 g/mol. The lowest BCUT2D eigenvalue weighted by atomic mass is 10.0. The van der Waals surface area contributed by atoms with Crippen molar-refractivity contribution in [2.75, 3.05) is 51.9 Å². The summed E-state index contributed by atoms with van der Waals surface area (Å²) in [5.41, 5.74) is 5.90. The van der Waals surface area contributed by atoms with E-state index in [1.54, 1.807) is 0 Å². The van der Waals surface area contributed by atoms with Gasteiger partial charge in [-0.25, -0.2) is 4.98 Å². The first kappa shape index (κ1) is 15.1. The number of amides is 1. The first-order valence-electron chi connectivity index (χ1n) is 6.79. The van der Waals surface area contributed by atoms with E-state index in [0.29, 0.717) is 16.7 Å². The molecule has 0 radical (unpaired) electrons. The van der Waals surface area contributed by atoms with Crippen LogP contribution in [0.2, 0.25) is 0 Å². The molecule has 2 heterocycles. The molecule has 1 atom stereocenters. The lowest BCUT2D eigenvalue weighted by Crippen LogP contribution is -2.47. The molecule has 0 bridgehead atoms. The second-order valence-electron chi connectivity index (χ2n) is 5.62. The Morgan fingerprint density at radius 2 is 2.10 bits per heavy atom. The Balaban J connectivity index is 2.14. The van der Waals surface area contributed by atoms with E-state index in [2.05, 4.69) is 24.0 Å². The standard InChI is InChI=1S/C13H23N5OS/c1-16(2)9-6-5-7-18(8-9)12(19)10-11(14)15-13(20-10)17(3)4/h9H,5-8,14H2,1-4H3. The van der Waals surface area contributed by atoms with Gasteiger partial charge in [-0.05, 0) is 26.9 Å². The van der Waals surface area contributed by atoms with Crippen molar-refractivity contribution < 1.29 is 4.79 Å². The van der Waals surface area contributed by atoms with Crippen LogP contribution in [0.3, 0.4) is 0 Å². The molecule has 1 saturated heterocycles. The summed E-state index contributed by atoms with van der Waals surface area (Å²) < 4.78 is 0. The third-order valence-electron chi connectivity index (χ3n) is 3.63. The molecular formula is C13H23N5OS. The fraction of sp³-hybridized carbons (Fsp3) is 0.692. The van der Waals surface area contributed by atoms with Gasteiger partial charge < -0.3 is 20.4 Å². The second-order valence-corrected chi connectivity index (χ2v) is 6.59. The van der Waals surface area contributed by atoms with E-state index in [-0.39, 0.29) is 5.91 Å². The fourth-order valence-corrected chi connectivity index (χ4v) is 3.24. The number of hydrogen-bond donors (Lipinski definition) is 1. The van der Waals surface area contributed by atoms with E-state index in [1.807, 2.05) is 23.9 Å². The fourth-order valence-electron chi connectivity index (χ4n) is 2.37. The zero-order valence-electron chi connectivity index (χ0n) is 12.6. The highest BCUT2D eigenvalue weighted by Gasteiger charge is 2.28. The van der Waals surface area contributed by atoms with Crippen molar-refractivity contribution in [1.29, 1.82) is 0 Å². The molecule has 1 aliphatic rings. The Kier molecular flexibility index (Phi) is 4.49. The molecule has 7 heteroatoms. The van der Waals surface area contributed by atoms with Crippen LogP contribution in [0.1, 0.15) is 22.5 Å². The normalized spacial score (nSPS) is 19.4. The molecule has 1 fully saturated rings. The molecule has 1 aromatic rings. The van der Waals surface area contributed by atoms with E-state index in [0.717, 1.165) is 31.1 Å². The van der Waals surface area contributed by atoms with E-state index >= 15 is 0 Å². The minimum absolute atomic E-state index is 0.0136. The average molecular weight is 297 g/mol. The number of nitrogen functional groups attached to an aromatic ring is 1. The van der Waals surface area contributed by atoms with Gasteiger partial charge in [0.2, 0.25) is 0 Å². The molecule has 6 nitrogen and oxygen atoms in total. The Morgan fingerprint density at radius 3 is 2.65 bits per heavy atom. The number of thiazole rings is 1. The number of hydrogen-bond acceptors (Lipinski definition) is 6. The number of nitrogens with zero attached hydrogens (tertiary/aromatic N) is 4. The monoisotopic (exact) mass is 297 g/mol. The van der Waals surface area contributed by atoms with Crippen molar-refractivity contribution >= 4 is 28.2 Å². The molecule has 112 valence electrons. The molecule has 0 spiro atoms. The maximum absolute atomic E-state index is 12.6. The Bertz CT molecular complexity index is 485. The molecule has 1 aromatic heterocycles. The van der Waals surface area contributed by atoms with Gasteiger partial charge in [0.15, 0.2) is 5.13 Å². The molecule has 2 N–H and O–H groups in total. The summed E-state index contributed by atoms with van der Waals surface area (Å²) in [6.45, 7) is 1.57. The van der Waals surface area contributed by atoms with Crippen molar-refractivity contribution in [2.45, 2.75) is 18.9 Å². The number of likely N-dealkylation sites (tertiary alicyclic amines) is 1. The van der Waals surface area contributed by atoms with Crippen LogP contribution in [-0.2, 0) is 0 Å². The number of aromatic nitrogens is 1. The number of likely N-dealkylation sites (N-methyl/N-ethyl adjacent to an activating group) is 1. The number of rotatable bonds is 3. The van der Waals surface area contributed by atoms with Crippen LogP contribution in [0, 0.1) is 0 Å². The number of anilines is 2. The summed E-state index contributed by atoms with van der Waals surface area (Å²) in [5, 5.41) is 0.770. The van der Waals surface area contributed by atoms with Gasteiger partial charge in [0.05, 0.1) is 0 Å². The average Bonchev–Trinajstić information content (AvgIpc) is 2.80. The van der Waals surface area contributed by atoms with Crippen LogP contribution in [0.4, 0.5) is 10.9 Å². The number of piperidine rings is 1. The highest BCUT2D eigenvalue weighted by molar-refractivity contribution is 7.18. The molecule has 0 aliphatic carbocycles. The van der Waals surface area contributed by atoms with E-state index in [9.17, 15) is 4.79 Å². The van der Waals surface area contributed by atoms with Gasteiger partial charge in [0, 0.05) is 33.2 Å². The summed E-state index contributed by atoms with van der Waals surface area (Å²) in [7, 11) is 7.92. The highest BCUT2D eigenvalue weighted by Crippen LogP contribution is 2.29. The maximum Gasteiger partial charge on any atom is 0.267 e. The molecule has 0 aromatic carbocycles. The van der Waals surface area contributed by atoms with Crippen molar-refractivity contribution in [3.63, 3.8) is 0 Å². The first-order valence-corrected chi connectivity index (χ1v) is 7.61. The molecule has 1 unspecified atom stereocenters.